The van der Waals surface area contributed by atoms with Crippen molar-refractivity contribution in [1.29, 1.82) is 0 Å². The van der Waals surface area contributed by atoms with Crippen molar-refractivity contribution in [2.75, 3.05) is 20.2 Å². The quantitative estimate of drug-likeness (QED) is 0.691. The number of ether oxygens (including phenoxy) is 1. The Morgan fingerprint density at radius 1 is 1.27 bits per heavy atom. The van der Waals surface area contributed by atoms with E-state index in [1.165, 1.54) is 0 Å². The Kier molecular flexibility index (Phi) is 7.18. The topological polar surface area (TPSA) is 70.6 Å². The highest BCUT2D eigenvalue weighted by atomic mass is 16.5. The van der Waals surface area contributed by atoms with Crippen molar-refractivity contribution in [1.82, 2.24) is 10.6 Å². The van der Waals surface area contributed by atoms with E-state index >= 15 is 0 Å². The average molecular weight is 308 g/mol. The second-order valence-electron chi connectivity index (χ2n) is 6.07. The largest absolute Gasteiger partial charge is 0.497 e. The number of amides is 2. The van der Waals surface area contributed by atoms with Gasteiger partial charge in [0.25, 0.3) is 0 Å². The molecule has 0 aromatic heterocycles. The van der Waals surface area contributed by atoms with Gasteiger partial charge in [0.05, 0.1) is 13.2 Å². The SMILES string of the molecule is CCC(O)CCNC(=O)NCC(C)(C)c1ccc(OC)cc1. The van der Waals surface area contributed by atoms with Crippen molar-refractivity contribution in [3.8, 4) is 5.75 Å². The number of carbonyl (C=O) groups is 1. The number of methoxy groups -OCH3 is 1. The van der Waals surface area contributed by atoms with Gasteiger partial charge < -0.3 is 20.5 Å². The fourth-order valence-corrected chi connectivity index (χ4v) is 2.06. The van der Waals surface area contributed by atoms with E-state index in [2.05, 4.69) is 24.5 Å². The van der Waals surface area contributed by atoms with Crippen LogP contribution in [0.3, 0.4) is 0 Å². The Hall–Kier alpha value is -1.75. The second-order valence-corrected chi connectivity index (χ2v) is 6.07. The Morgan fingerprint density at radius 2 is 1.91 bits per heavy atom. The summed E-state index contributed by atoms with van der Waals surface area (Å²) in [6.45, 7) is 7.08. The van der Waals surface area contributed by atoms with E-state index in [0.717, 1.165) is 11.3 Å². The molecule has 1 aromatic carbocycles. The number of hydrogen-bond donors (Lipinski definition) is 3. The number of aliphatic hydroxyl groups is 1. The Morgan fingerprint density at radius 3 is 2.45 bits per heavy atom. The van der Waals surface area contributed by atoms with E-state index in [9.17, 15) is 9.90 Å². The lowest BCUT2D eigenvalue weighted by Gasteiger charge is -2.26. The monoisotopic (exact) mass is 308 g/mol. The van der Waals surface area contributed by atoms with Crippen LogP contribution in [0.25, 0.3) is 0 Å². The third-order valence-electron chi connectivity index (χ3n) is 3.80. The number of nitrogens with one attached hydrogen (secondary N) is 2. The summed E-state index contributed by atoms with van der Waals surface area (Å²) < 4.78 is 5.15. The molecule has 22 heavy (non-hydrogen) atoms. The van der Waals surface area contributed by atoms with Crippen molar-refractivity contribution >= 4 is 6.03 Å². The molecule has 0 aliphatic heterocycles. The van der Waals surface area contributed by atoms with Crippen LogP contribution in [0.1, 0.15) is 39.2 Å². The molecule has 5 nitrogen and oxygen atoms in total. The first kappa shape index (κ1) is 18.3. The molecule has 1 rings (SSSR count). The lowest BCUT2D eigenvalue weighted by Crippen LogP contribution is -2.43. The van der Waals surface area contributed by atoms with Crippen LogP contribution in [0.4, 0.5) is 4.79 Å². The summed E-state index contributed by atoms with van der Waals surface area (Å²) in [6, 6.07) is 7.66. The van der Waals surface area contributed by atoms with E-state index in [1.807, 2.05) is 31.2 Å². The highest BCUT2D eigenvalue weighted by Crippen LogP contribution is 2.24. The van der Waals surface area contributed by atoms with Crippen molar-refractivity contribution in [2.24, 2.45) is 0 Å². The maximum absolute atomic E-state index is 11.8. The molecule has 0 saturated carbocycles. The van der Waals surface area contributed by atoms with Gasteiger partial charge in [0.2, 0.25) is 0 Å². The number of carbonyl (C=O) groups excluding carboxylic acids is 1. The maximum atomic E-state index is 11.8. The van der Waals surface area contributed by atoms with Gasteiger partial charge in [-0.25, -0.2) is 4.79 Å². The van der Waals surface area contributed by atoms with Gasteiger partial charge in [-0.15, -0.1) is 0 Å². The highest BCUT2D eigenvalue weighted by molar-refractivity contribution is 5.73. The first-order valence-corrected chi connectivity index (χ1v) is 7.73. The molecule has 0 spiro atoms. The minimum atomic E-state index is -0.351. The maximum Gasteiger partial charge on any atom is 0.314 e. The molecular weight excluding hydrogens is 280 g/mol. The Balaban J connectivity index is 2.42. The van der Waals surface area contributed by atoms with E-state index in [4.69, 9.17) is 4.74 Å². The fourth-order valence-electron chi connectivity index (χ4n) is 2.06. The summed E-state index contributed by atoms with van der Waals surface area (Å²) >= 11 is 0. The van der Waals surface area contributed by atoms with Crippen molar-refractivity contribution in [2.45, 2.75) is 45.1 Å². The lowest BCUT2D eigenvalue weighted by molar-refractivity contribution is 0.160. The van der Waals surface area contributed by atoms with E-state index in [-0.39, 0.29) is 17.6 Å². The number of urea groups is 1. The summed E-state index contributed by atoms with van der Waals surface area (Å²) in [5.74, 6) is 0.819. The number of rotatable bonds is 8. The molecule has 1 unspecified atom stereocenters. The zero-order chi connectivity index (χ0) is 16.6. The normalized spacial score (nSPS) is 12.6. The van der Waals surface area contributed by atoms with Crippen molar-refractivity contribution < 1.29 is 14.6 Å². The molecule has 0 aliphatic rings. The molecule has 2 amide bonds. The predicted molar refractivity (Wildman–Crippen MR) is 88.3 cm³/mol. The molecule has 0 heterocycles. The zero-order valence-electron chi connectivity index (χ0n) is 14.0. The van der Waals surface area contributed by atoms with Crippen LogP contribution < -0.4 is 15.4 Å². The minimum Gasteiger partial charge on any atom is -0.497 e. The van der Waals surface area contributed by atoms with E-state index < -0.39 is 0 Å². The predicted octanol–water partition coefficient (Wildman–Crippen LogP) is 2.43. The Labute approximate surface area is 133 Å². The second kappa shape index (κ2) is 8.63. The first-order valence-electron chi connectivity index (χ1n) is 7.73. The third kappa shape index (κ3) is 5.93. The standard InChI is InChI=1S/C17H28N2O3/c1-5-14(20)10-11-18-16(21)19-12-17(2,3)13-6-8-15(22-4)9-7-13/h6-9,14,20H,5,10-12H2,1-4H3,(H2,18,19,21). The van der Waals surface area contributed by atoms with Crippen molar-refractivity contribution in [3.63, 3.8) is 0 Å². The van der Waals surface area contributed by atoms with Crippen LogP contribution >= 0.6 is 0 Å². The Bertz CT molecular complexity index is 457. The van der Waals surface area contributed by atoms with Gasteiger partial charge >= 0.3 is 6.03 Å². The van der Waals surface area contributed by atoms with Crippen LogP contribution in [0.2, 0.25) is 0 Å². The molecule has 1 atom stereocenters. The smallest absolute Gasteiger partial charge is 0.314 e. The zero-order valence-corrected chi connectivity index (χ0v) is 14.0. The van der Waals surface area contributed by atoms with Gasteiger partial charge in [0.15, 0.2) is 0 Å². The van der Waals surface area contributed by atoms with Crippen LogP contribution in [0.15, 0.2) is 24.3 Å². The van der Waals surface area contributed by atoms with E-state index in [1.54, 1.807) is 7.11 Å². The summed E-state index contributed by atoms with van der Waals surface area (Å²) in [5, 5.41) is 15.1. The molecule has 0 aliphatic carbocycles. The van der Waals surface area contributed by atoms with Crippen LogP contribution in [0, 0.1) is 0 Å². The van der Waals surface area contributed by atoms with E-state index in [0.29, 0.717) is 25.9 Å². The molecule has 3 N–H and O–H groups in total. The molecule has 0 fully saturated rings. The van der Waals surface area contributed by atoms with Gasteiger partial charge in [-0.05, 0) is 30.5 Å². The minimum absolute atomic E-state index is 0.174. The van der Waals surface area contributed by atoms with Gasteiger partial charge in [0.1, 0.15) is 5.75 Å². The summed E-state index contributed by atoms with van der Waals surface area (Å²) in [6.07, 6.45) is 0.926. The summed E-state index contributed by atoms with van der Waals surface area (Å²) in [4.78, 5) is 11.8. The van der Waals surface area contributed by atoms with Crippen molar-refractivity contribution in [3.05, 3.63) is 29.8 Å². The van der Waals surface area contributed by atoms with Gasteiger partial charge in [-0.3, -0.25) is 0 Å². The molecule has 5 heteroatoms. The van der Waals surface area contributed by atoms with Crippen LogP contribution in [-0.2, 0) is 5.41 Å². The number of hydrogen-bond acceptors (Lipinski definition) is 3. The first-order chi connectivity index (χ1) is 10.4. The molecule has 124 valence electrons. The van der Waals surface area contributed by atoms with Gasteiger partial charge in [-0.1, -0.05) is 32.9 Å². The molecule has 0 radical (unpaired) electrons. The third-order valence-corrected chi connectivity index (χ3v) is 3.80. The number of benzene rings is 1. The molecule has 0 saturated heterocycles. The number of aliphatic hydroxyl groups excluding tert-OH is 1. The molecular formula is C17H28N2O3. The molecule has 0 bridgehead atoms. The summed E-state index contributed by atoms with van der Waals surface area (Å²) in [7, 11) is 1.64. The molecule has 1 aromatic rings. The van der Waals surface area contributed by atoms with Gasteiger partial charge in [0, 0.05) is 18.5 Å². The summed E-state index contributed by atoms with van der Waals surface area (Å²) in [5.41, 5.74) is 0.960. The van der Waals surface area contributed by atoms with Crippen LogP contribution in [0.5, 0.6) is 5.75 Å². The van der Waals surface area contributed by atoms with Crippen LogP contribution in [-0.4, -0.2) is 37.4 Å². The average Bonchev–Trinajstić information content (AvgIpc) is 2.53. The highest BCUT2D eigenvalue weighted by Gasteiger charge is 2.21. The van der Waals surface area contributed by atoms with Gasteiger partial charge in [-0.2, -0.15) is 0 Å². The lowest BCUT2D eigenvalue weighted by atomic mass is 9.84. The fraction of sp³-hybridized carbons (Fsp3) is 0.588.